The number of carbonyl (C=O) groups excluding carboxylic acids is 1. The predicted octanol–water partition coefficient (Wildman–Crippen LogP) is 5.92. The molecule has 2 atom stereocenters. The number of nitrogens with one attached hydrogen (secondary N) is 2. The first-order valence-corrected chi connectivity index (χ1v) is 13.5. The number of thioether (sulfide) groups is 1. The molecule has 0 saturated carbocycles. The molecule has 0 saturated heterocycles. The van der Waals surface area contributed by atoms with Gasteiger partial charge in [0.15, 0.2) is 0 Å². The summed E-state index contributed by atoms with van der Waals surface area (Å²) in [5.41, 5.74) is 3.46. The number of carboxylic acids is 1. The van der Waals surface area contributed by atoms with Gasteiger partial charge in [-0.1, -0.05) is 30.3 Å². The molecule has 0 aliphatic rings. The Bertz CT molecular complexity index is 1390. The van der Waals surface area contributed by atoms with E-state index in [2.05, 4.69) is 15.6 Å². The largest absolute Gasteiger partial charge is 0.480 e. The number of carboxylic acid groups (broad SMARTS) is 1. The van der Waals surface area contributed by atoms with Crippen molar-refractivity contribution in [2.45, 2.75) is 25.6 Å². The summed E-state index contributed by atoms with van der Waals surface area (Å²) in [6.07, 6.45) is 5.55. The van der Waals surface area contributed by atoms with Crippen molar-refractivity contribution in [3.63, 3.8) is 0 Å². The van der Waals surface area contributed by atoms with Gasteiger partial charge in [0.1, 0.15) is 23.8 Å². The first-order valence-electron chi connectivity index (χ1n) is 12.1. The lowest BCUT2D eigenvalue weighted by Crippen LogP contribution is -2.41. The fraction of sp³-hybridized carbons (Fsp3) is 0.207. The quantitative estimate of drug-likeness (QED) is 0.222. The zero-order valence-corrected chi connectivity index (χ0v) is 21.9. The van der Waals surface area contributed by atoms with E-state index in [1.807, 2.05) is 60.3 Å². The number of carbonyl (C=O) groups is 2. The van der Waals surface area contributed by atoms with E-state index in [1.165, 1.54) is 23.9 Å². The summed E-state index contributed by atoms with van der Waals surface area (Å²) in [4.78, 5) is 29.4. The van der Waals surface area contributed by atoms with E-state index in [-0.39, 0.29) is 12.0 Å². The van der Waals surface area contributed by atoms with E-state index in [1.54, 1.807) is 30.5 Å². The fourth-order valence-corrected chi connectivity index (χ4v) is 4.65. The van der Waals surface area contributed by atoms with Crippen molar-refractivity contribution in [2.75, 3.05) is 17.3 Å². The molecule has 4 aromatic rings. The second-order valence-corrected chi connectivity index (χ2v) is 9.74. The molecule has 4 rings (SSSR count). The highest BCUT2D eigenvalue weighted by atomic mass is 32.2. The summed E-state index contributed by atoms with van der Waals surface area (Å²) in [6, 6.07) is 20.1. The van der Waals surface area contributed by atoms with E-state index in [0.717, 1.165) is 16.8 Å². The van der Waals surface area contributed by atoms with Crippen molar-refractivity contribution in [1.29, 1.82) is 0 Å². The highest BCUT2D eigenvalue weighted by Gasteiger charge is 2.22. The first-order chi connectivity index (χ1) is 18.4. The average Bonchev–Trinajstić information content (AvgIpc) is 3.42. The number of benzene rings is 3. The van der Waals surface area contributed by atoms with E-state index >= 15 is 0 Å². The summed E-state index contributed by atoms with van der Waals surface area (Å²) in [5, 5.41) is 15.7. The van der Waals surface area contributed by atoms with Crippen LogP contribution >= 0.6 is 11.8 Å². The Morgan fingerprint density at radius 2 is 1.79 bits per heavy atom. The number of imidazole rings is 1. The summed E-state index contributed by atoms with van der Waals surface area (Å²) in [6.45, 7) is 1.97. The molecule has 1 aromatic heterocycles. The number of aliphatic carboxylic acids is 1. The molecular formula is C29H29FN4O3S. The summed E-state index contributed by atoms with van der Waals surface area (Å²) < 4.78 is 15.4. The lowest BCUT2D eigenvalue weighted by molar-refractivity contribution is -0.139. The van der Waals surface area contributed by atoms with Gasteiger partial charge >= 0.3 is 5.97 Å². The number of hydrogen-bond acceptors (Lipinski definition) is 5. The molecule has 0 radical (unpaired) electrons. The number of aromatic nitrogens is 2. The molecule has 0 spiro atoms. The minimum absolute atomic E-state index is 0.219. The summed E-state index contributed by atoms with van der Waals surface area (Å²) in [5.74, 6) is -0.496. The van der Waals surface area contributed by atoms with Gasteiger partial charge in [-0.2, -0.15) is 11.8 Å². The van der Waals surface area contributed by atoms with Gasteiger partial charge in [-0.15, -0.1) is 0 Å². The maximum atomic E-state index is 13.4. The number of nitrogens with zero attached hydrogens (tertiary/aromatic N) is 2. The molecule has 0 aliphatic heterocycles. The van der Waals surface area contributed by atoms with E-state index in [0.29, 0.717) is 29.1 Å². The number of anilines is 1. The number of amides is 1. The van der Waals surface area contributed by atoms with Gasteiger partial charge < -0.3 is 20.3 Å². The molecule has 38 heavy (non-hydrogen) atoms. The number of rotatable bonds is 11. The van der Waals surface area contributed by atoms with Crippen molar-refractivity contribution >= 4 is 29.3 Å². The van der Waals surface area contributed by atoms with Crippen molar-refractivity contribution in [3.05, 3.63) is 96.6 Å². The summed E-state index contributed by atoms with van der Waals surface area (Å²) in [7, 11) is 0. The minimum atomic E-state index is -1.06. The lowest BCUT2D eigenvalue weighted by atomic mass is 9.98. The Morgan fingerprint density at radius 3 is 2.47 bits per heavy atom. The molecule has 0 fully saturated rings. The predicted molar refractivity (Wildman–Crippen MR) is 150 cm³/mol. The van der Waals surface area contributed by atoms with Crippen LogP contribution in [0.4, 0.5) is 10.1 Å². The van der Waals surface area contributed by atoms with Crippen LogP contribution in [0.25, 0.3) is 22.5 Å². The van der Waals surface area contributed by atoms with Gasteiger partial charge in [0.2, 0.25) is 0 Å². The molecule has 196 valence electrons. The van der Waals surface area contributed by atoms with Gasteiger partial charge in [0.25, 0.3) is 5.91 Å². The Hall–Kier alpha value is -4.11. The molecule has 0 bridgehead atoms. The van der Waals surface area contributed by atoms with Crippen LogP contribution < -0.4 is 10.6 Å². The van der Waals surface area contributed by atoms with E-state index in [4.69, 9.17) is 0 Å². The van der Waals surface area contributed by atoms with Gasteiger partial charge in [-0.05, 0) is 78.9 Å². The Morgan fingerprint density at radius 1 is 1.05 bits per heavy atom. The standard InChI is InChI=1S/C29H29FN4O3S/c1-19(34-16-15-31-27(34)21-8-10-22(30)11-9-21)32-23-12-13-24(25(18-23)20-6-4-3-5-7-20)28(35)33-26(29(36)37)14-17-38-2/h3-13,15-16,18-19,26,32H,14,17H2,1-2H3,(H,33,35)(H,36,37). The third-order valence-corrected chi connectivity index (χ3v) is 6.77. The van der Waals surface area contributed by atoms with E-state index in [9.17, 15) is 19.1 Å². The van der Waals surface area contributed by atoms with Crippen LogP contribution in [-0.4, -0.2) is 44.6 Å². The maximum absolute atomic E-state index is 13.4. The van der Waals surface area contributed by atoms with Gasteiger partial charge in [0.05, 0.1) is 0 Å². The van der Waals surface area contributed by atoms with Crippen molar-refractivity contribution in [3.8, 4) is 22.5 Å². The van der Waals surface area contributed by atoms with Crippen molar-refractivity contribution in [2.24, 2.45) is 0 Å². The van der Waals surface area contributed by atoms with Crippen LogP contribution in [-0.2, 0) is 4.79 Å². The van der Waals surface area contributed by atoms with Crippen LogP contribution in [0.5, 0.6) is 0 Å². The molecule has 2 unspecified atom stereocenters. The monoisotopic (exact) mass is 532 g/mol. The molecule has 3 aromatic carbocycles. The maximum Gasteiger partial charge on any atom is 0.326 e. The van der Waals surface area contributed by atoms with Crippen LogP contribution in [0.3, 0.4) is 0 Å². The Labute approximate surface area is 225 Å². The normalized spacial score (nSPS) is 12.5. The SMILES string of the molecule is CSCCC(NC(=O)c1ccc(NC(C)n2ccnc2-c2ccc(F)cc2)cc1-c1ccccc1)C(=O)O. The molecule has 9 heteroatoms. The molecule has 1 amide bonds. The van der Waals surface area contributed by atoms with Gasteiger partial charge in [-0.25, -0.2) is 14.2 Å². The van der Waals surface area contributed by atoms with Crippen molar-refractivity contribution < 1.29 is 19.1 Å². The van der Waals surface area contributed by atoms with E-state index < -0.39 is 17.9 Å². The van der Waals surface area contributed by atoms with Gasteiger partial charge in [-0.3, -0.25) is 4.79 Å². The second kappa shape index (κ2) is 12.4. The zero-order chi connectivity index (χ0) is 27.1. The Kier molecular flexibility index (Phi) is 8.81. The summed E-state index contributed by atoms with van der Waals surface area (Å²) >= 11 is 1.53. The fourth-order valence-electron chi connectivity index (χ4n) is 4.18. The van der Waals surface area contributed by atoms with Gasteiger partial charge in [0, 0.05) is 29.2 Å². The molecule has 7 nitrogen and oxygen atoms in total. The molecular weight excluding hydrogens is 503 g/mol. The topological polar surface area (TPSA) is 96.3 Å². The molecule has 1 heterocycles. The lowest BCUT2D eigenvalue weighted by Gasteiger charge is -2.21. The van der Waals surface area contributed by atoms with Crippen LogP contribution in [0, 0.1) is 5.82 Å². The first kappa shape index (κ1) is 26.9. The number of halogens is 1. The van der Waals surface area contributed by atoms with Crippen LogP contribution in [0.1, 0.15) is 29.9 Å². The van der Waals surface area contributed by atoms with Crippen molar-refractivity contribution in [1.82, 2.24) is 14.9 Å². The Balaban J connectivity index is 1.62. The van der Waals surface area contributed by atoms with Crippen LogP contribution in [0.2, 0.25) is 0 Å². The smallest absolute Gasteiger partial charge is 0.326 e. The molecule has 3 N–H and O–H groups in total. The number of hydrogen-bond donors (Lipinski definition) is 3. The third-order valence-electron chi connectivity index (χ3n) is 6.13. The molecule has 0 aliphatic carbocycles. The highest BCUT2D eigenvalue weighted by molar-refractivity contribution is 7.98. The average molecular weight is 533 g/mol. The third kappa shape index (κ3) is 6.41. The highest BCUT2D eigenvalue weighted by Crippen LogP contribution is 2.29. The zero-order valence-electron chi connectivity index (χ0n) is 21.1. The second-order valence-electron chi connectivity index (χ2n) is 8.76. The van der Waals surface area contributed by atoms with Crippen LogP contribution in [0.15, 0.2) is 85.2 Å². The minimum Gasteiger partial charge on any atom is -0.480 e.